The molecule has 5 heteroatoms. The lowest BCUT2D eigenvalue weighted by Crippen LogP contribution is -2.42. The largest absolute Gasteiger partial charge is 0.370 e. The SMILES string of the molecule is Cc1nc(C)c(CNC(C)(C)CC(N)=O)s1. The summed E-state index contributed by atoms with van der Waals surface area (Å²) in [5, 5.41) is 4.40. The molecule has 16 heavy (non-hydrogen) atoms. The Bertz CT molecular complexity index is 385. The molecule has 3 N–H and O–H groups in total. The summed E-state index contributed by atoms with van der Waals surface area (Å²) in [5.74, 6) is -0.283. The molecule has 1 aromatic heterocycles. The van der Waals surface area contributed by atoms with Crippen molar-refractivity contribution < 1.29 is 4.79 Å². The average molecular weight is 241 g/mol. The quantitative estimate of drug-likeness (QED) is 0.821. The number of aryl methyl sites for hydroxylation is 2. The van der Waals surface area contributed by atoms with Crippen LogP contribution in [0.3, 0.4) is 0 Å². The first-order valence-corrected chi connectivity index (χ1v) is 6.08. The van der Waals surface area contributed by atoms with Gasteiger partial charge < -0.3 is 11.1 Å². The second kappa shape index (κ2) is 4.93. The summed E-state index contributed by atoms with van der Waals surface area (Å²) in [5.41, 5.74) is 5.99. The Morgan fingerprint density at radius 3 is 2.56 bits per heavy atom. The molecule has 0 aromatic carbocycles. The Hall–Kier alpha value is -0.940. The number of hydrogen-bond donors (Lipinski definition) is 2. The molecule has 0 atom stereocenters. The number of amides is 1. The number of nitrogens with two attached hydrogens (primary N) is 1. The molecule has 4 nitrogen and oxygen atoms in total. The van der Waals surface area contributed by atoms with E-state index in [2.05, 4.69) is 10.3 Å². The highest BCUT2D eigenvalue weighted by molar-refractivity contribution is 7.11. The summed E-state index contributed by atoms with van der Waals surface area (Å²) in [6.07, 6.45) is 0.337. The zero-order valence-corrected chi connectivity index (χ0v) is 11.1. The van der Waals surface area contributed by atoms with Crippen molar-refractivity contribution in [3.8, 4) is 0 Å². The Kier molecular flexibility index (Phi) is 4.04. The summed E-state index contributed by atoms with van der Waals surface area (Å²) >= 11 is 1.68. The number of hydrogen-bond acceptors (Lipinski definition) is 4. The molecule has 1 amide bonds. The van der Waals surface area contributed by atoms with Gasteiger partial charge in [-0.05, 0) is 27.7 Å². The van der Waals surface area contributed by atoms with Gasteiger partial charge in [0.2, 0.25) is 5.91 Å². The molecule has 0 bridgehead atoms. The van der Waals surface area contributed by atoms with Gasteiger partial charge in [0.1, 0.15) is 0 Å². The van der Waals surface area contributed by atoms with Gasteiger partial charge in [-0.1, -0.05) is 0 Å². The normalized spacial score (nSPS) is 11.8. The smallest absolute Gasteiger partial charge is 0.219 e. The van der Waals surface area contributed by atoms with Crippen molar-refractivity contribution in [3.63, 3.8) is 0 Å². The molecule has 0 aliphatic heterocycles. The van der Waals surface area contributed by atoms with Crippen molar-refractivity contribution in [2.75, 3.05) is 0 Å². The Balaban J connectivity index is 2.57. The second-order valence-corrected chi connectivity index (χ2v) is 5.91. The number of nitrogens with zero attached hydrogens (tertiary/aromatic N) is 1. The van der Waals surface area contributed by atoms with Crippen molar-refractivity contribution in [1.82, 2.24) is 10.3 Å². The fourth-order valence-electron chi connectivity index (χ4n) is 1.56. The lowest BCUT2D eigenvalue weighted by Gasteiger charge is -2.24. The molecule has 0 aliphatic carbocycles. The number of aromatic nitrogens is 1. The molecule has 0 unspecified atom stereocenters. The number of carbonyl (C=O) groups excluding carboxylic acids is 1. The molecule has 0 radical (unpaired) electrons. The molecular weight excluding hydrogens is 222 g/mol. The van der Waals surface area contributed by atoms with E-state index in [0.717, 1.165) is 17.2 Å². The van der Waals surface area contributed by atoms with E-state index in [1.165, 1.54) is 4.88 Å². The predicted octanol–water partition coefficient (Wildman–Crippen LogP) is 1.50. The van der Waals surface area contributed by atoms with Crippen LogP contribution in [0.4, 0.5) is 0 Å². The van der Waals surface area contributed by atoms with Gasteiger partial charge in [-0.3, -0.25) is 4.79 Å². The van der Waals surface area contributed by atoms with E-state index >= 15 is 0 Å². The number of rotatable bonds is 5. The summed E-state index contributed by atoms with van der Waals surface area (Å²) in [4.78, 5) is 16.4. The van der Waals surface area contributed by atoms with E-state index in [-0.39, 0.29) is 11.4 Å². The van der Waals surface area contributed by atoms with E-state index in [0.29, 0.717) is 6.42 Å². The maximum absolute atomic E-state index is 10.9. The molecule has 90 valence electrons. The lowest BCUT2D eigenvalue weighted by atomic mass is 10.0. The molecular formula is C11H19N3OS. The first-order valence-electron chi connectivity index (χ1n) is 5.26. The Labute approximate surface area is 100 Å². The molecule has 1 heterocycles. The van der Waals surface area contributed by atoms with Gasteiger partial charge in [-0.2, -0.15) is 0 Å². The van der Waals surface area contributed by atoms with Crippen LogP contribution in [0.15, 0.2) is 0 Å². The van der Waals surface area contributed by atoms with E-state index in [1.54, 1.807) is 11.3 Å². The average Bonchev–Trinajstić information content (AvgIpc) is 2.39. The standard InChI is InChI=1S/C11H19N3OS/c1-7-9(16-8(2)14-7)6-13-11(3,4)5-10(12)15/h13H,5-6H2,1-4H3,(H2,12,15). The number of nitrogens with one attached hydrogen (secondary N) is 1. The van der Waals surface area contributed by atoms with Crippen LogP contribution in [0.25, 0.3) is 0 Å². The van der Waals surface area contributed by atoms with E-state index in [9.17, 15) is 4.79 Å². The minimum Gasteiger partial charge on any atom is -0.370 e. The van der Waals surface area contributed by atoms with Crippen molar-refractivity contribution in [3.05, 3.63) is 15.6 Å². The second-order valence-electron chi connectivity index (χ2n) is 4.62. The molecule has 1 rings (SSSR count). The fraction of sp³-hybridized carbons (Fsp3) is 0.636. The number of thiazole rings is 1. The fourth-order valence-corrected chi connectivity index (χ4v) is 2.43. The minimum absolute atomic E-state index is 0.268. The van der Waals surface area contributed by atoms with E-state index in [4.69, 9.17) is 5.73 Å². The molecule has 0 saturated carbocycles. The topological polar surface area (TPSA) is 68.0 Å². The van der Waals surface area contributed by atoms with Crippen molar-refractivity contribution in [2.24, 2.45) is 5.73 Å². The third-order valence-corrected chi connectivity index (χ3v) is 3.42. The summed E-state index contributed by atoms with van der Waals surface area (Å²) < 4.78 is 0. The van der Waals surface area contributed by atoms with Gasteiger partial charge in [0.25, 0.3) is 0 Å². The van der Waals surface area contributed by atoms with Crippen LogP contribution < -0.4 is 11.1 Å². The van der Waals surface area contributed by atoms with Gasteiger partial charge in [-0.25, -0.2) is 4.98 Å². The van der Waals surface area contributed by atoms with Crippen LogP contribution in [0.2, 0.25) is 0 Å². The molecule has 0 saturated heterocycles. The summed E-state index contributed by atoms with van der Waals surface area (Å²) in [6.45, 7) is 8.68. The highest BCUT2D eigenvalue weighted by Gasteiger charge is 2.20. The zero-order valence-electron chi connectivity index (χ0n) is 10.3. The van der Waals surface area contributed by atoms with Gasteiger partial charge in [0, 0.05) is 23.4 Å². The molecule has 0 spiro atoms. The first-order chi connectivity index (χ1) is 7.30. The third kappa shape index (κ3) is 3.90. The summed E-state index contributed by atoms with van der Waals surface area (Å²) in [6, 6.07) is 0. The van der Waals surface area contributed by atoms with Gasteiger partial charge in [-0.15, -0.1) is 11.3 Å². The Morgan fingerprint density at radius 2 is 2.12 bits per heavy atom. The van der Waals surface area contributed by atoms with Crippen LogP contribution in [-0.4, -0.2) is 16.4 Å². The highest BCUT2D eigenvalue weighted by Crippen LogP contribution is 2.18. The predicted molar refractivity (Wildman–Crippen MR) is 66.3 cm³/mol. The van der Waals surface area contributed by atoms with Gasteiger partial charge in [0.05, 0.1) is 10.7 Å². The van der Waals surface area contributed by atoms with E-state index < -0.39 is 0 Å². The maximum Gasteiger partial charge on any atom is 0.219 e. The zero-order chi connectivity index (χ0) is 12.3. The number of carbonyl (C=O) groups is 1. The highest BCUT2D eigenvalue weighted by atomic mass is 32.1. The van der Waals surface area contributed by atoms with Gasteiger partial charge >= 0.3 is 0 Å². The summed E-state index contributed by atoms with van der Waals surface area (Å²) in [7, 11) is 0. The van der Waals surface area contributed by atoms with Crippen LogP contribution in [0.1, 0.15) is 35.8 Å². The molecule has 0 fully saturated rings. The van der Waals surface area contributed by atoms with Crippen molar-refractivity contribution >= 4 is 17.2 Å². The van der Waals surface area contributed by atoms with E-state index in [1.807, 2.05) is 27.7 Å². The van der Waals surface area contributed by atoms with Gasteiger partial charge in [0.15, 0.2) is 0 Å². The van der Waals surface area contributed by atoms with Crippen LogP contribution >= 0.6 is 11.3 Å². The molecule has 1 aromatic rings. The van der Waals surface area contributed by atoms with Crippen LogP contribution in [-0.2, 0) is 11.3 Å². The van der Waals surface area contributed by atoms with Crippen molar-refractivity contribution in [1.29, 1.82) is 0 Å². The monoisotopic (exact) mass is 241 g/mol. The lowest BCUT2D eigenvalue weighted by molar-refractivity contribution is -0.119. The molecule has 0 aliphatic rings. The van der Waals surface area contributed by atoms with Crippen LogP contribution in [0.5, 0.6) is 0 Å². The Morgan fingerprint density at radius 1 is 1.50 bits per heavy atom. The van der Waals surface area contributed by atoms with Crippen LogP contribution in [0, 0.1) is 13.8 Å². The van der Waals surface area contributed by atoms with Crippen molar-refractivity contribution in [2.45, 2.75) is 46.2 Å². The maximum atomic E-state index is 10.9. The minimum atomic E-state index is -0.283. The number of primary amides is 1. The first kappa shape index (κ1) is 13.1. The third-order valence-electron chi connectivity index (χ3n) is 2.34.